The molecule has 15 heavy (non-hydrogen) atoms. The average molecular weight is 208 g/mol. The van der Waals surface area contributed by atoms with Crippen molar-refractivity contribution in [2.75, 3.05) is 0 Å². The summed E-state index contributed by atoms with van der Waals surface area (Å²) in [5.41, 5.74) is 0. The first-order chi connectivity index (χ1) is 7.00. The third-order valence-electron chi connectivity index (χ3n) is 5.18. The summed E-state index contributed by atoms with van der Waals surface area (Å²) in [6.45, 7) is 12.2. The number of rotatable bonds is 2. The molecule has 0 heterocycles. The molecule has 0 aromatic heterocycles. The largest absolute Gasteiger partial charge is 0.0628 e. The number of hydrogen-bond donors (Lipinski definition) is 0. The smallest absolute Gasteiger partial charge is 0.0329 e. The lowest BCUT2D eigenvalue weighted by Crippen LogP contribution is -2.52. The quantitative estimate of drug-likeness (QED) is 0.622. The molecule has 2 saturated carbocycles. The minimum atomic E-state index is 0.894. The zero-order valence-corrected chi connectivity index (χ0v) is 11.2. The maximum absolute atomic E-state index is 2.51. The summed E-state index contributed by atoms with van der Waals surface area (Å²) in [5.74, 6) is 7.11. The highest BCUT2D eigenvalue weighted by atomic mass is 14.6. The Hall–Kier alpha value is 0. The molecule has 0 radical (unpaired) electrons. The highest BCUT2D eigenvalue weighted by molar-refractivity contribution is 5.00. The molecule has 88 valence electrons. The lowest BCUT2D eigenvalue weighted by molar-refractivity contribution is -0.0971. The Labute approximate surface area is 95.8 Å². The van der Waals surface area contributed by atoms with E-state index in [4.69, 9.17) is 0 Å². The topological polar surface area (TPSA) is 0 Å². The summed E-state index contributed by atoms with van der Waals surface area (Å²) in [5, 5.41) is 0. The molecule has 6 atom stereocenters. The lowest BCUT2D eigenvalue weighted by Gasteiger charge is -2.58. The van der Waals surface area contributed by atoms with Crippen LogP contribution in [0.2, 0.25) is 0 Å². The monoisotopic (exact) mass is 208 g/mol. The van der Waals surface area contributed by atoms with Crippen molar-refractivity contribution in [1.82, 2.24) is 0 Å². The van der Waals surface area contributed by atoms with E-state index in [0.29, 0.717) is 0 Å². The molecule has 2 fully saturated rings. The van der Waals surface area contributed by atoms with Crippen molar-refractivity contribution < 1.29 is 0 Å². The first-order valence-electron chi connectivity index (χ1n) is 7.00. The van der Waals surface area contributed by atoms with E-state index >= 15 is 0 Å². The standard InChI is InChI=1S/C15H28/c1-9(2)6-13-12(5)15-11(4)7-10(3)8-14(13)15/h9-15H,6-8H2,1-5H3. The zero-order valence-electron chi connectivity index (χ0n) is 11.2. The Balaban J connectivity index is 2.00. The zero-order chi connectivity index (χ0) is 11.2. The van der Waals surface area contributed by atoms with Crippen LogP contribution in [-0.4, -0.2) is 0 Å². The van der Waals surface area contributed by atoms with E-state index in [1.165, 1.54) is 19.3 Å². The van der Waals surface area contributed by atoms with Gasteiger partial charge in [0.25, 0.3) is 0 Å². The third-order valence-corrected chi connectivity index (χ3v) is 5.18. The third kappa shape index (κ3) is 1.97. The molecule has 0 nitrogen and oxygen atoms in total. The second kappa shape index (κ2) is 4.11. The van der Waals surface area contributed by atoms with E-state index in [2.05, 4.69) is 34.6 Å². The molecule has 0 saturated heterocycles. The summed E-state index contributed by atoms with van der Waals surface area (Å²) in [6.07, 6.45) is 4.48. The van der Waals surface area contributed by atoms with Crippen LogP contribution < -0.4 is 0 Å². The van der Waals surface area contributed by atoms with Gasteiger partial charge in [-0.2, -0.15) is 0 Å². The van der Waals surface area contributed by atoms with E-state index in [9.17, 15) is 0 Å². The highest BCUT2D eigenvalue weighted by Gasteiger charge is 2.51. The normalized spacial score (nSPS) is 50.0. The van der Waals surface area contributed by atoms with Gasteiger partial charge in [-0.05, 0) is 60.7 Å². The van der Waals surface area contributed by atoms with Crippen molar-refractivity contribution in [2.45, 2.75) is 53.9 Å². The van der Waals surface area contributed by atoms with Gasteiger partial charge in [-0.1, -0.05) is 34.6 Å². The molecular weight excluding hydrogens is 180 g/mol. The van der Waals surface area contributed by atoms with Crippen molar-refractivity contribution in [3.8, 4) is 0 Å². The molecule has 2 aliphatic carbocycles. The maximum atomic E-state index is 2.51. The average Bonchev–Trinajstić information content (AvgIpc) is 2.12. The molecule has 0 heteroatoms. The Bertz CT molecular complexity index is 218. The fourth-order valence-corrected chi connectivity index (χ4v) is 4.76. The van der Waals surface area contributed by atoms with Crippen LogP contribution in [-0.2, 0) is 0 Å². The van der Waals surface area contributed by atoms with Crippen LogP contribution in [0.25, 0.3) is 0 Å². The first kappa shape index (κ1) is 11.5. The van der Waals surface area contributed by atoms with Crippen LogP contribution in [0.4, 0.5) is 0 Å². The minimum Gasteiger partial charge on any atom is -0.0628 e. The molecule has 2 rings (SSSR count). The van der Waals surface area contributed by atoms with Crippen LogP contribution in [0.15, 0.2) is 0 Å². The van der Waals surface area contributed by atoms with E-state index in [1.807, 2.05) is 0 Å². The van der Waals surface area contributed by atoms with E-state index in [0.717, 1.165) is 41.4 Å². The molecule has 0 amide bonds. The maximum Gasteiger partial charge on any atom is -0.0329 e. The molecule has 6 unspecified atom stereocenters. The van der Waals surface area contributed by atoms with Crippen molar-refractivity contribution >= 4 is 0 Å². The van der Waals surface area contributed by atoms with Gasteiger partial charge in [-0.15, -0.1) is 0 Å². The summed E-state index contributed by atoms with van der Waals surface area (Å²) in [6, 6.07) is 0. The molecule has 0 N–H and O–H groups in total. The van der Waals surface area contributed by atoms with Gasteiger partial charge in [-0.25, -0.2) is 0 Å². The lowest BCUT2D eigenvalue weighted by atomic mass is 9.47. The Kier molecular flexibility index (Phi) is 3.14. The first-order valence-corrected chi connectivity index (χ1v) is 7.00. The van der Waals surface area contributed by atoms with Crippen molar-refractivity contribution in [3.05, 3.63) is 0 Å². The van der Waals surface area contributed by atoms with Crippen molar-refractivity contribution in [3.63, 3.8) is 0 Å². The molecular formula is C15H28. The molecule has 0 aromatic carbocycles. The van der Waals surface area contributed by atoms with Crippen molar-refractivity contribution in [2.24, 2.45) is 41.4 Å². The Morgan fingerprint density at radius 3 is 2.33 bits per heavy atom. The summed E-state index contributed by atoms with van der Waals surface area (Å²) in [7, 11) is 0. The van der Waals surface area contributed by atoms with Gasteiger partial charge in [0, 0.05) is 0 Å². The van der Waals surface area contributed by atoms with E-state index in [1.54, 1.807) is 0 Å². The van der Waals surface area contributed by atoms with Crippen LogP contribution in [0, 0.1) is 41.4 Å². The van der Waals surface area contributed by atoms with Gasteiger partial charge in [0.2, 0.25) is 0 Å². The molecule has 2 aliphatic rings. The minimum absolute atomic E-state index is 0.894. The van der Waals surface area contributed by atoms with Crippen LogP contribution >= 0.6 is 0 Å². The summed E-state index contributed by atoms with van der Waals surface area (Å²) in [4.78, 5) is 0. The number of fused-ring (bicyclic) bond motifs is 1. The fraction of sp³-hybridized carbons (Fsp3) is 1.00. The highest BCUT2D eigenvalue weighted by Crippen LogP contribution is 2.58. The predicted molar refractivity (Wildman–Crippen MR) is 66.7 cm³/mol. The van der Waals surface area contributed by atoms with Crippen LogP contribution in [0.5, 0.6) is 0 Å². The fourth-order valence-electron chi connectivity index (χ4n) is 4.76. The van der Waals surface area contributed by atoms with Gasteiger partial charge in [-0.3, -0.25) is 0 Å². The predicted octanol–water partition coefficient (Wildman–Crippen LogP) is 4.60. The second-order valence-corrected chi connectivity index (χ2v) is 6.95. The van der Waals surface area contributed by atoms with Crippen molar-refractivity contribution in [1.29, 1.82) is 0 Å². The molecule has 0 aliphatic heterocycles. The van der Waals surface area contributed by atoms with Gasteiger partial charge < -0.3 is 0 Å². The summed E-state index contributed by atoms with van der Waals surface area (Å²) < 4.78 is 0. The van der Waals surface area contributed by atoms with E-state index < -0.39 is 0 Å². The SMILES string of the molecule is CC(C)CC1C(C)C2C(C)CC(C)CC12. The van der Waals surface area contributed by atoms with Gasteiger partial charge in [0.1, 0.15) is 0 Å². The van der Waals surface area contributed by atoms with Gasteiger partial charge in [0.15, 0.2) is 0 Å². The van der Waals surface area contributed by atoms with E-state index in [-0.39, 0.29) is 0 Å². The molecule has 0 bridgehead atoms. The molecule has 0 spiro atoms. The second-order valence-electron chi connectivity index (χ2n) is 6.95. The summed E-state index contributed by atoms with van der Waals surface area (Å²) >= 11 is 0. The Morgan fingerprint density at radius 1 is 1.07 bits per heavy atom. The van der Waals surface area contributed by atoms with Gasteiger partial charge in [0.05, 0.1) is 0 Å². The Morgan fingerprint density at radius 2 is 1.73 bits per heavy atom. The molecule has 0 aromatic rings. The van der Waals surface area contributed by atoms with Gasteiger partial charge >= 0.3 is 0 Å². The number of hydrogen-bond acceptors (Lipinski definition) is 0. The van der Waals surface area contributed by atoms with Crippen LogP contribution in [0.1, 0.15) is 53.9 Å². The van der Waals surface area contributed by atoms with Crippen LogP contribution in [0.3, 0.4) is 0 Å².